The van der Waals surface area contributed by atoms with Crippen LogP contribution in [0.25, 0.3) is 0 Å². The molecule has 3 rings (SSSR count). The number of carbonyl (C=O) groups excluding carboxylic acids is 1. The van der Waals surface area contributed by atoms with Gasteiger partial charge in [0.2, 0.25) is 0 Å². The zero-order valence-electron chi connectivity index (χ0n) is 9.94. The number of carbonyl (C=O) groups is 1. The van der Waals surface area contributed by atoms with E-state index in [0.717, 1.165) is 30.8 Å². The molecule has 1 fully saturated rings. The van der Waals surface area contributed by atoms with Crippen molar-refractivity contribution >= 4 is 17.3 Å². The minimum Gasteiger partial charge on any atom is -0.379 e. The predicted molar refractivity (Wildman–Crippen MR) is 67.1 cm³/mol. The minimum absolute atomic E-state index is 0.0675. The average molecular weight is 231 g/mol. The maximum Gasteiger partial charge on any atom is 0.149 e. The summed E-state index contributed by atoms with van der Waals surface area (Å²) in [6, 6.07) is 4.34. The normalized spacial score (nSPS) is 31.6. The van der Waals surface area contributed by atoms with Crippen molar-refractivity contribution in [1.29, 1.82) is 0 Å². The van der Waals surface area contributed by atoms with Gasteiger partial charge in [-0.15, -0.1) is 0 Å². The number of hydrogen-bond donors (Lipinski definition) is 2. The van der Waals surface area contributed by atoms with Gasteiger partial charge in [-0.05, 0) is 31.9 Å². The molecule has 0 amide bonds. The third-order valence-electron chi connectivity index (χ3n) is 3.80. The van der Waals surface area contributed by atoms with Gasteiger partial charge in [0.1, 0.15) is 11.6 Å². The highest BCUT2D eigenvalue weighted by Crippen LogP contribution is 2.33. The number of hydrogen-bond acceptors (Lipinski definition) is 4. The van der Waals surface area contributed by atoms with E-state index in [1.165, 1.54) is 0 Å². The Hall–Kier alpha value is -1.58. The quantitative estimate of drug-likeness (QED) is 0.717. The van der Waals surface area contributed by atoms with Crippen molar-refractivity contribution in [3.63, 3.8) is 0 Å². The summed E-state index contributed by atoms with van der Waals surface area (Å²) in [5.74, 6) is 1.31. The van der Waals surface area contributed by atoms with Gasteiger partial charge < -0.3 is 10.6 Å². The Bertz CT molecular complexity index is 446. The summed E-state index contributed by atoms with van der Waals surface area (Å²) < 4.78 is 0. The first-order valence-corrected chi connectivity index (χ1v) is 6.26. The molecule has 0 bridgehead atoms. The number of aromatic nitrogens is 1. The lowest BCUT2D eigenvalue weighted by atomic mass is 9.79. The molecule has 2 aliphatic rings. The molecular formula is C13H17N3O. The molecule has 90 valence electrons. The first-order valence-electron chi connectivity index (χ1n) is 6.26. The van der Waals surface area contributed by atoms with Crippen molar-refractivity contribution in [3.8, 4) is 0 Å². The van der Waals surface area contributed by atoms with Crippen molar-refractivity contribution in [3.05, 3.63) is 18.3 Å². The highest BCUT2D eigenvalue weighted by molar-refractivity contribution is 5.85. The van der Waals surface area contributed by atoms with Gasteiger partial charge in [-0.3, -0.25) is 4.79 Å². The second-order valence-electron chi connectivity index (χ2n) is 4.97. The zero-order chi connectivity index (χ0) is 11.8. The molecule has 3 atom stereocenters. The largest absolute Gasteiger partial charge is 0.379 e. The second-order valence-corrected chi connectivity index (χ2v) is 4.97. The van der Waals surface area contributed by atoms with E-state index in [4.69, 9.17) is 0 Å². The summed E-state index contributed by atoms with van der Waals surface area (Å²) in [6.07, 6.45) is 4.56. The summed E-state index contributed by atoms with van der Waals surface area (Å²) in [7, 11) is 0. The number of anilines is 2. The van der Waals surface area contributed by atoms with E-state index in [2.05, 4.69) is 22.5 Å². The molecule has 1 aliphatic heterocycles. The monoisotopic (exact) mass is 231 g/mol. The molecule has 0 unspecified atom stereocenters. The number of nitrogens with one attached hydrogen (secondary N) is 2. The van der Waals surface area contributed by atoms with E-state index in [1.54, 1.807) is 6.20 Å². The van der Waals surface area contributed by atoms with Crippen LogP contribution in [0.15, 0.2) is 18.3 Å². The van der Waals surface area contributed by atoms with Crippen LogP contribution in [0.5, 0.6) is 0 Å². The lowest BCUT2D eigenvalue weighted by molar-refractivity contribution is -0.125. The summed E-state index contributed by atoms with van der Waals surface area (Å²) in [6.45, 7) is 2.08. The van der Waals surface area contributed by atoms with Gasteiger partial charge in [-0.2, -0.15) is 0 Å². The Morgan fingerprint density at radius 2 is 2.29 bits per heavy atom. The van der Waals surface area contributed by atoms with Gasteiger partial charge in [0, 0.05) is 24.7 Å². The van der Waals surface area contributed by atoms with Crippen LogP contribution in [0.3, 0.4) is 0 Å². The fourth-order valence-electron chi connectivity index (χ4n) is 3.00. The number of Topliss-reactive ketones (excluding diaryl/α,β-unsaturated/α-hetero) is 1. The van der Waals surface area contributed by atoms with Gasteiger partial charge in [0.05, 0.1) is 11.6 Å². The van der Waals surface area contributed by atoms with Gasteiger partial charge in [-0.1, -0.05) is 0 Å². The molecule has 2 N–H and O–H groups in total. The third kappa shape index (κ3) is 1.77. The number of ketones is 1. The Labute approximate surface area is 101 Å². The number of nitrogens with zero attached hydrogens (tertiary/aromatic N) is 1. The van der Waals surface area contributed by atoms with Crippen LogP contribution in [0.2, 0.25) is 0 Å². The zero-order valence-corrected chi connectivity index (χ0v) is 9.94. The van der Waals surface area contributed by atoms with Crippen molar-refractivity contribution in [2.24, 2.45) is 5.92 Å². The highest BCUT2D eigenvalue weighted by Gasteiger charge is 2.38. The summed E-state index contributed by atoms with van der Waals surface area (Å²) in [5.41, 5.74) is 1.02. The molecule has 1 aliphatic carbocycles. The standard InChI is InChI=1S/C13H17N3O/c1-8-12-9(4-2-6-11(12)17)16-10-5-3-7-14-13(10)15-8/h3,5,7-9,12,16H,2,4,6H2,1H3,(H,14,15)/t8-,9-,12+/m1/s1. The van der Waals surface area contributed by atoms with E-state index in [1.807, 2.05) is 12.1 Å². The lowest BCUT2D eigenvalue weighted by Gasteiger charge is -2.32. The van der Waals surface area contributed by atoms with E-state index in [0.29, 0.717) is 5.78 Å². The fraction of sp³-hybridized carbons (Fsp3) is 0.538. The van der Waals surface area contributed by atoms with Crippen LogP contribution < -0.4 is 10.6 Å². The van der Waals surface area contributed by atoms with Crippen LogP contribution in [-0.4, -0.2) is 22.9 Å². The van der Waals surface area contributed by atoms with Crippen molar-refractivity contribution < 1.29 is 4.79 Å². The smallest absolute Gasteiger partial charge is 0.149 e. The Morgan fingerprint density at radius 1 is 1.41 bits per heavy atom. The molecule has 0 spiro atoms. The molecular weight excluding hydrogens is 214 g/mol. The van der Waals surface area contributed by atoms with Crippen LogP contribution in [0, 0.1) is 5.92 Å². The van der Waals surface area contributed by atoms with E-state index in [9.17, 15) is 4.79 Å². The molecule has 0 aromatic carbocycles. The van der Waals surface area contributed by atoms with Crippen LogP contribution >= 0.6 is 0 Å². The van der Waals surface area contributed by atoms with Crippen LogP contribution in [0.4, 0.5) is 11.5 Å². The van der Waals surface area contributed by atoms with Crippen molar-refractivity contribution in [1.82, 2.24) is 4.98 Å². The SMILES string of the molecule is C[C@H]1Nc2ncccc2N[C@@H]2CCCC(=O)[C@@H]12. The number of rotatable bonds is 0. The Balaban J connectivity index is 1.97. The molecule has 0 radical (unpaired) electrons. The first kappa shape index (κ1) is 10.6. The maximum absolute atomic E-state index is 12.0. The Kier molecular flexibility index (Phi) is 2.50. The lowest BCUT2D eigenvalue weighted by Crippen LogP contribution is -2.44. The van der Waals surface area contributed by atoms with Crippen molar-refractivity contribution in [2.45, 2.75) is 38.3 Å². The molecule has 0 saturated heterocycles. The highest BCUT2D eigenvalue weighted by atomic mass is 16.1. The molecule has 17 heavy (non-hydrogen) atoms. The molecule has 4 nitrogen and oxygen atoms in total. The molecule has 4 heteroatoms. The number of fused-ring (bicyclic) bond motifs is 2. The molecule has 1 saturated carbocycles. The molecule has 1 aromatic heterocycles. The fourth-order valence-corrected chi connectivity index (χ4v) is 3.00. The van der Waals surface area contributed by atoms with Crippen LogP contribution in [0.1, 0.15) is 26.2 Å². The second kappa shape index (κ2) is 4.02. The molecule has 2 heterocycles. The summed E-state index contributed by atoms with van der Waals surface area (Å²) in [5, 5.41) is 6.83. The maximum atomic E-state index is 12.0. The number of pyridine rings is 1. The molecule has 1 aromatic rings. The third-order valence-corrected chi connectivity index (χ3v) is 3.80. The van der Waals surface area contributed by atoms with E-state index in [-0.39, 0.29) is 18.0 Å². The van der Waals surface area contributed by atoms with Crippen molar-refractivity contribution in [2.75, 3.05) is 10.6 Å². The van der Waals surface area contributed by atoms with E-state index >= 15 is 0 Å². The van der Waals surface area contributed by atoms with Crippen LogP contribution in [-0.2, 0) is 4.79 Å². The predicted octanol–water partition coefficient (Wildman–Crippen LogP) is 2.05. The first-order chi connectivity index (χ1) is 8.25. The average Bonchev–Trinajstić information content (AvgIpc) is 2.45. The van der Waals surface area contributed by atoms with Gasteiger partial charge >= 0.3 is 0 Å². The summed E-state index contributed by atoms with van der Waals surface area (Å²) >= 11 is 0. The van der Waals surface area contributed by atoms with Gasteiger partial charge in [0.15, 0.2) is 0 Å². The van der Waals surface area contributed by atoms with Gasteiger partial charge in [0.25, 0.3) is 0 Å². The minimum atomic E-state index is 0.0675. The topological polar surface area (TPSA) is 54.0 Å². The summed E-state index contributed by atoms with van der Waals surface area (Å²) in [4.78, 5) is 16.4. The Morgan fingerprint density at radius 3 is 3.18 bits per heavy atom. The van der Waals surface area contributed by atoms with E-state index < -0.39 is 0 Å². The van der Waals surface area contributed by atoms with Gasteiger partial charge in [-0.25, -0.2) is 4.98 Å².